The standard InChI is InChI=1S/C24H29N3O3S/c1-16-12-17(2)14-19(13-16)23(29)27-11-5-6-18(15-27)22(28)25-20-7-9-21(10-8-20)31-24(30)26(3)4/h7-10,12-14,18H,5-6,11,15H2,1-4H3,(H,25,28). The van der Waals surface area contributed by atoms with E-state index in [0.717, 1.165) is 40.6 Å². The largest absolute Gasteiger partial charge is 0.339 e. The van der Waals surface area contributed by atoms with Crippen molar-refractivity contribution in [3.8, 4) is 0 Å². The van der Waals surface area contributed by atoms with E-state index >= 15 is 0 Å². The van der Waals surface area contributed by atoms with E-state index in [0.29, 0.717) is 24.3 Å². The molecule has 0 aromatic heterocycles. The van der Waals surface area contributed by atoms with Gasteiger partial charge in [0.25, 0.3) is 11.1 Å². The Bertz CT molecular complexity index is 952. The molecule has 7 heteroatoms. The van der Waals surface area contributed by atoms with Crippen molar-refractivity contribution in [2.45, 2.75) is 31.6 Å². The van der Waals surface area contributed by atoms with Gasteiger partial charge in [0.2, 0.25) is 5.91 Å². The Morgan fingerprint density at radius 1 is 1.03 bits per heavy atom. The summed E-state index contributed by atoms with van der Waals surface area (Å²) in [5, 5.41) is 2.90. The number of anilines is 1. The highest BCUT2D eigenvalue weighted by Crippen LogP contribution is 2.24. The quantitative estimate of drug-likeness (QED) is 0.709. The number of thioether (sulfide) groups is 1. The van der Waals surface area contributed by atoms with Gasteiger partial charge < -0.3 is 15.1 Å². The first-order valence-corrected chi connectivity index (χ1v) is 11.2. The summed E-state index contributed by atoms with van der Waals surface area (Å²) in [5.41, 5.74) is 3.48. The van der Waals surface area contributed by atoms with Crippen molar-refractivity contribution in [1.29, 1.82) is 0 Å². The second-order valence-corrected chi connectivity index (χ2v) is 9.27. The van der Waals surface area contributed by atoms with Gasteiger partial charge in [0, 0.05) is 43.3 Å². The molecule has 164 valence electrons. The van der Waals surface area contributed by atoms with Gasteiger partial charge in [-0.05, 0) is 74.8 Å². The van der Waals surface area contributed by atoms with Crippen LogP contribution >= 0.6 is 11.8 Å². The molecule has 1 unspecified atom stereocenters. The van der Waals surface area contributed by atoms with Crippen LogP contribution in [0.25, 0.3) is 0 Å². The Labute approximate surface area is 188 Å². The van der Waals surface area contributed by atoms with Crippen LogP contribution in [0.5, 0.6) is 0 Å². The third-order valence-corrected chi connectivity index (χ3v) is 6.29. The lowest BCUT2D eigenvalue weighted by molar-refractivity contribution is -0.121. The molecule has 0 bridgehead atoms. The molecule has 1 saturated heterocycles. The number of nitrogens with one attached hydrogen (secondary N) is 1. The average Bonchev–Trinajstić information content (AvgIpc) is 2.73. The number of amides is 3. The molecule has 31 heavy (non-hydrogen) atoms. The number of carbonyl (C=O) groups excluding carboxylic acids is 3. The van der Waals surface area contributed by atoms with Crippen LogP contribution in [0.1, 0.15) is 34.3 Å². The van der Waals surface area contributed by atoms with E-state index in [4.69, 9.17) is 0 Å². The molecular weight excluding hydrogens is 410 g/mol. The van der Waals surface area contributed by atoms with Gasteiger partial charge in [0.05, 0.1) is 5.92 Å². The Hall–Kier alpha value is -2.80. The number of nitrogens with zero attached hydrogens (tertiary/aromatic N) is 2. The van der Waals surface area contributed by atoms with E-state index in [1.807, 2.05) is 44.2 Å². The topological polar surface area (TPSA) is 69.7 Å². The lowest BCUT2D eigenvalue weighted by Gasteiger charge is -2.32. The molecule has 3 amide bonds. The van der Waals surface area contributed by atoms with Gasteiger partial charge in [-0.1, -0.05) is 17.2 Å². The fourth-order valence-electron chi connectivity index (χ4n) is 3.70. The third kappa shape index (κ3) is 6.10. The first-order chi connectivity index (χ1) is 14.7. The lowest BCUT2D eigenvalue weighted by Crippen LogP contribution is -2.43. The smallest absolute Gasteiger partial charge is 0.285 e. The van der Waals surface area contributed by atoms with Gasteiger partial charge in [-0.3, -0.25) is 14.4 Å². The number of aryl methyl sites for hydroxylation is 2. The summed E-state index contributed by atoms with van der Waals surface area (Å²) < 4.78 is 0. The number of piperidine rings is 1. The predicted molar refractivity (Wildman–Crippen MR) is 125 cm³/mol. The molecule has 1 N–H and O–H groups in total. The minimum absolute atomic E-state index is 0.0174. The molecule has 1 fully saturated rings. The monoisotopic (exact) mass is 439 g/mol. The Morgan fingerprint density at radius 3 is 2.29 bits per heavy atom. The first-order valence-electron chi connectivity index (χ1n) is 10.4. The average molecular weight is 440 g/mol. The molecule has 1 aliphatic heterocycles. The summed E-state index contributed by atoms with van der Waals surface area (Å²) in [4.78, 5) is 41.7. The maximum Gasteiger partial charge on any atom is 0.285 e. The zero-order valence-electron chi connectivity index (χ0n) is 18.5. The highest BCUT2D eigenvalue weighted by atomic mass is 32.2. The van der Waals surface area contributed by atoms with Gasteiger partial charge in [-0.2, -0.15) is 0 Å². The predicted octanol–water partition coefficient (Wildman–Crippen LogP) is 4.57. The third-order valence-electron chi connectivity index (χ3n) is 5.24. The summed E-state index contributed by atoms with van der Waals surface area (Å²) in [5.74, 6) is -0.341. The van der Waals surface area contributed by atoms with Crippen LogP contribution in [-0.2, 0) is 4.79 Å². The summed E-state index contributed by atoms with van der Waals surface area (Å²) in [6, 6.07) is 13.1. The summed E-state index contributed by atoms with van der Waals surface area (Å²) in [6.07, 6.45) is 1.56. The highest BCUT2D eigenvalue weighted by molar-refractivity contribution is 8.13. The first kappa shape index (κ1) is 22.9. The van der Waals surface area contributed by atoms with Gasteiger partial charge in [0.1, 0.15) is 0 Å². The maximum absolute atomic E-state index is 13.0. The highest BCUT2D eigenvalue weighted by Gasteiger charge is 2.29. The van der Waals surface area contributed by atoms with Crippen LogP contribution in [0.15, 0.2) is 47.4 Å². The van der Waals surface area contributed by atoms with E-state index in [2.05, 4.69) is 5.32 Å². The van der Waals surface area contributed by atoms with Crippen LogP contribution in [0.2, 0.25) is 0 Å². The number of hydrogen-bond acceptors (Lipinski definition) is 4. The van der Waals surface area contributed by atoms with Crippen molar-refractivity contribution < 1.29 is 14.4 Å². The number of likely N-dealkylation sites (tertiary alicyclic amines) is 1. The number of rotatable bonds is 4. The van der Waals surface area contributed by atoms with Crippen molar-refractivity contribution in [2.24, 2.45) is 5.92 Å². The molecule has 1 atom stereocenters. The van der Waals surface area contributed by atoms with Crippen molar-refractivity contribution >= 4 is 34.5 Å². The van der Waals surface area contributed by atoms with E-state index in [1.54, 1.807) is 31.1 Å². The zero-order valence-corrected chi connectivity index (χ0v) is 19.3. The second kappa shape index (κ2) is 10.0. The SMILES string of the molecule is Cc1cc(C)cc(C(=O)N2CCCC(C(=O)Nc3ccc(SC(=O)N(C)C)cc3)C2)c1. The fraction of sp³-hybridized carbons (Fsp3) is 0.375. The van der Waals surface area contributed by atoms with Crippen LogP contribution in [0, 0.1) is 19.8 Å². The molecule has 0 aliphatic carbocycles. The molecule has 0 radical (unpaired) electrons. The second-order valence-electron chi connectivity index (χ2n) is 8.24. The Kier molecular flexibility index (Phi) is 7.38. The number of hydrogen-bond donors (Lipinski definition) is 1. The minimum Gasteiger partial charge on any atom is -0.339 e. The summed E-state index contributed by atoms with van der Waals surface area (Å²) in [7, 11) is 3.42. The molecule has 2 aromatic rings. The van der Waals surface area contributed by atoms with Gasteiger partial charge in [0.15, 0.2) is 0 Å². The van der Waals surface area contributed by atoms with Crippen molar-refractivity contribution in [3.63, 3.8) is 0 Å². The molecule has 2 aromatic carbocycles. The van der Waals surface area contributed by atoms with Crippen LogP contribution < -0.4 is 5.32 Å². The number of carbonyl (C=O) groups is 3. The van der Waals surface area contributed by atoms with Crippen LogP contribution in [-0.4, -0.2) is 54.0 Å². The number of benzene rings is 2. The minimum atomic E-state index is -0.243. The van der Waals surface area contributed by atoms with Gasteiger partial charge >= 0.3 is 0 Å². The van der Waals surface area contributed by atoms with Crippen molar-refractivity contribution in [1.82, 2.24) is 9.80 Å². The maximum atomic E-state index is 13.0. The molecule has 0 spiro atoms. The fourth-order valence-corrected chi connectivity index (χ4v) is 4.36. The van der Waals surface area contributed by atoms with E-state index in [1.165, 1.54) is 4.90 Å². The lowest BCUT2D eigenvalue weighted by atomic mass is 9.96. The van der Waals surface area contributed by atoms with Gasteiger partial charge in [-0.25, -0.2) is 0 Å². The molecule has 0 saturated carbocycles. The summed E-state index contributed by atoms with van der Waals surface area (Å²) >= 11 is 1.14. The molecule has 1 aliphatic rings. The molecule has 3 rings (SSSR count). The van der Waals surface area contributed by atoms with Crippen molar-refractivity contribution in [2.75, 3.05) is 32.5 Å². The van der Waals surface area contributed by atoms with Crippen LogP contribution in [0.3, 0.4) is 0 Å². The van der Waals surface area contributed by atoms with E-state index in [-0.39, 0.29) is 23.0 Å². The zero-order chi connectivity index (χ0) is 22.5. The van der Waals surface area contributed by atoms with E-state index < -0.39 is 0 Å². The van der Waals surface area contributed by atoms with Crippen molar-refractivity contribution in [3.05, 3.63) is 59.2 Å². The Morgan fingerprint density at radius 2 is 1.68 bits per heavy atom. The summed E-state index contributed by atoms with van der Waals surface area (Å²) in [6.45, 7) is 5.05. The van der Waals surface area contributed by atoms with E-state index in [9.17, 15) is 14.4 Å². The molecular formula is C24H29N3O3S. The van der Waals surface area contributed by atoms with Crippen LogP contribution in [0.4, 0.5) is 10.5 Å². The Balaban J connectivity index is 1.60. The normalized spacial score (nSPS) is 16.0. The molecule has 1 heterocycles. The molecule has 6 nitrogen and oxygen atoms in total. The van der Waals surface area contributed by atoms with Gasteiger partial charge in [-0.15, -0.1) is 0 Å².